The molecule has 0 saturated heterocycles. The molecule has 1 heterocycles. The summed E-state index contributed by atoms with van der Waals surface area (Å²) in [5.41, 5.74) is 3.76. The molecule has 4 rings (SSSR count). The lowest BCUT2D eigenvalue weighted by Crippen LogP contribution is -2.50. The van der Waals surface area contributed by atoms with Gasteiger partial charge in [-0.3, -0.25) is 24.1 Å². The molecule has 1 aliphatic heterocycles. The fourth-order valence-electron chi connectivity index (χ4n) is 5.01. The molecule has 7 nitrogen and oxygen atoms in total. The highest BCUT2D eigenvalue weighted by Gasteiger charge is 2.35. The maximum atomic E-state index is 13.8. The van der Waals surface area contributed by atoms with Crippen molar-refractivity contribution in [2.45, 2.75) is 58.5 Å². The summed E-state index contributed by atoms with van der Waals surface area (Å²) in [5.74, 6) is -1.03. The Morgan fingerprint density at radius 1 is 0.850 bits per heavy atom. The Hall–Kier alpha value is -4.26. The van der Waals surface area contributed by atoms with Gasteiger partial charge in [-0.05, 0) is 48.6 Å². The maximum Gasteiger partial charge on any atom is 0.261 e. The van der Waals surface area contributed by atoms with Crippen molar-refractivity contribution >= 4 is 23.6 Å². The minimum absolute atomic E-state index is 0.104. The molecule has 40 heavy (non-hydrogen) atoms. The molecule has 0 saturated carbocycles. The zero-order valence-electron chi connectivity index (χ0n) is 23.3. The van der Waals surface area contributed by atoms with Gasteiger partial charge in [0.2, 0.25) is 11.8 Å². The minimum atomic E-state index is -0.703. The van der Waals surface area contributed by atoms with Gasteiger partial charge in [0.1, 0.15) is 6.04 Å². The molecular formula is C33H37N3O4. The number of unbranched alkanes of at least 4 members (excludes halogenated alkanes) is 1. The summed E-state index contributed by atoms with van der Waals surface area (Å²) in [6.45, 7) is 5.04. The third-order valence-electron chi connectivity index (χ3n) is 7.35. The van der Waals surface area contributed by atoms with Crippen molar-refractivity contribution in [1.29, 1.82) is 0 Å². The van der Waals surface area contributed by atoms with E-state index in [0.29, 0.717) is 30.5 Å². The summed E-state index contributed by atoms with van der Waals surface area (Å²) in [6.07, 6.45) is 2.61. The fraction of sp³-hybridized carbons (Fsp3) is 0.333. The highest BCUT2D eigenvalue weighted by molar-refractivity contribution is 6.21. The molecule has 3 aromatic rings. The predicted octanol–water partition coefficient (Wildman–Crippen LogP) is 4.93. The van der Waals surface area contributed by atoms with Crippen LogP contribution < -0.4 is 5.32 Å². The molecule has 0 spiro atoms. The van der Waals surface area contributed by atoms with Crippen LogP contribution >= 0.6 is 0 Å². The maximum absolute atomic E-state index is 13.8. The van der Waals surface area contributed by atoms with E-state index in [-0.39, 0.29) is 43.1 Å². The molecule has 7 heteroatoms. The Kier molecular flexibility index (Phi) is 9.84. The minimum Gasteiger partial charge on any atom is -0.354 e. The van der Waals surface area contributed by atoms with E-state index in [2.05, 4.69) is 12.2 Å². The molecule has 4 amide bonds. The number of benzene rings is 3. The van der Waals surface area contributed by atoms with Crippen LogP contribution in [0.3, 0.4) is 0 Å². The lowest BCUT2D eigenvalue weighted by molar-refractivity contribution is -0.141. The monoisotopic (exact) mass is 539 g/mol. The van der Waals surface area contributed by atoms with Crippen LogP contribution in [0.2, 0.25) is 0 Å². The van der Waals surface area contributed by atoms with Gasteiger partial charge in [-0.15, -0.1) is 0 Å². The van der Waals surface area contributed by atoms with E-state index in [1.165, 1.54) is 4.90 Å². The van der Waals surface area contributed by atoms with E-state index in [1.54, 1.807) is 29.2 Å². The number of fused-ring (bicyclic) bond motifs is 1. The second-order valence-electron chi connectivity index (χ2n) is 10.2. The van der Waals surface area contributed by atoms with Gasteiger partial charge in [0.25, 0.3) is 11.8 Å². The van der Waals surface area contributed by atoms with Crippen molar-refractivity contribution < 1.29 is 19.2 Å². The van der Waals surface area contributed by atoms with Crippen molar-refractivity contribution in [3.63, 3.8) is 0 Å². The van der Waals surface area contributed by atoms with Crippen LogP contribution in [-0.4, -0.2) is 52.6 Å². The molecule has 0 aliphatic carbocycles. The first-order chi connectivity index (χ1) is 19.4. The molecule has 0 bridgehead atoms. The van der Waals surface area contributed by atoms with E-state index in [9.17, 15) is 19.2 Å². The largest absolute Gasteiger partial charge is 0.354 e. The van der Waals surface area contributed by atoms with Crippen LogP contribution in [0.4, 0.5) is 0 Å². The number of carbonyl (C=O) groups is 4. The molecule has 0 unspecified atom stereocenters. The Balaban J connectivity index is 1.54. The highest BCUT2D eigenvalue weighted by atomic mass is 16.2. The van der Waals surface area contributed by atoms with Crippen molar-refractivity contribution in [3.05, 3.63) is 107 Å². The fourth-order valence-corrected chi connectivity index (χ4v) is 5.01. The molecule has 1 aliphatic rings. The van der Waals surface area contributed by atoms with Gasteiger partial charge in [0, 0.05) is 32.5 Å². The Labute approximate surface area is 236 Å². The van der Waals surface area contributed by atoms with Gasteiger partial charge in [0.15, 0.2) is 0 Å². The third kappa shape index (κ3) is 6.84. The molecule has 0 fully saturated rings. The average Bonchev–Trinajstić information content (AvgIpc) is 3.21. The van der Waals surface area contributed by atoms with Crippen molar-refractivity contribution in [1.82, 2.24) is 15.1 Å². The van der Waals surface area contributed by atoms with E-state index in [1.807, 2.05) is 61.5 Å². The zero-order valence-corrected chi connectivity index (χ0v) is 23.3. The van der Waals surface area contributed by atoms with E-state index in [0.717, 1.165) is 29.5 Å². The second-order valence-corrected chi connectivity index (χ2v) is 10.2. The first kappa shape index (κ1) is 28.7. The van der Waals surface area contributed by atoms with Gasteiger partial charge >= 0.3 is 0 Å². The number of nitrogens with zero attached hydrogens (tertiary/aromatic N) is 2. The quantitative estimate of drug-likeness (QED) is 0.247. The number of nitrogens with one attached hydrogen (secondary N) is 1. The van der Waals surface area contributed by atoms with Crippen LogP contribution in [0, 0.1) is 6.92 Å². The zero-order chi connectivity index (χ0) is 28.5. The summed E-state index contributed by atoms with van der Waals surface area (Å²) < 4.78 is 0. The smallest absolute Gasteiger partial charge is 0.261 e. The molecule has 1 N–H and O–H groups in total. The number of aryl methyl sites for hydroxylation is 1. The van der Waals surface area contributed by atoms with Gasteiger partial charge < -0.3 is 10.2 Å². The van der Waals surface area contributed by atoms with Crippen LogP contribution in [0.1, 0.15) is 70.0 Å². The highest BCUT2D eigenvalue weighted by Crippen LogP contribution is 2.23. The van der Waals surface area contributed by atoms with Crippen molar-refractivity contribution in [3.8, 4) is 0 Å². The Bertz CT molecular complexity index is 1320. The topological polar surface area (TPSA) is 86.8 Å². The van der Waals surface area contributed by atoms with Gasteiger partial charge in [0.05, 0.1) is 11.1 Å². The average molecular weight is 540 g/mol. The van der Waals surface area contributed by atoms with Gasteiger partial charge in [-0.1, -0.05) is 80.1 Å². The van der Waals surface area contributed by atoms with Crippen LogP contribution in [-0.2, 0) is 22.6 Å². The Morgan fingerprint density at radius 3 is 2.12 bits per heavy atom. The molecule has 0 radical (unpaired) electrons. The molecule has 1 atom stereocenters. The molecule has 3 aromatic carbocycles. The van der Waals surface area contributed by atoms with Gasteiger partial charge in [-0.2, -0.15) is 0 Å². The van der Waals surface area contributed by atoms with E-state index < -0.39 is 6.04 Å². The van der Waals surface area contributed by atoms with Crippen molar-refractivity contribution in [2.75, 3.05) is 13.1 Å². The first-order valence-corrected chi connectivity index (χ1v) is 14.0. The predicted molar refractivity (Wildman–Crippen MR) is 155 cm³/mol. The molecule has 0 aromatic heterocycles. The molecule has 208 valence electrons. The van der Waals surface area contributed by atoms with Gasteiger partial charge in [-0.25, -0.2) is 0 Å². The summed E-state index contributed by atoms with van der Waals surface area (Å²) in [4.78, 5) is 55.8. The number of hydrogen-bond donors (Lipinski definition) is 1. The van der Waals surface area contributed by atoms with Crippen LogP contribution in [0.25, 0.3) is 0 Å². The number of hydrogen-bond acceptors (Lipinski definition) is 4. The standard InChI is InChI=1S/C33H37N3O4/c1-3-4-20-34-31(38)29(22-25-14-6-5-7-15-25)36(23-26-16-9-8-13-24(26)2)30(37)19-12-21-35-32(39)27-17-10-11-18-28(27)33(35)40/h5-11,13-18,29H,3-4,12,19-23H2,1-2H3,(H,34,38)/t29-/m1/s1. The first-order valence-electron chi connectivity index (χ1n) is 14.0. The number of imide groups is 1. The van der Waals surface area contributed by atoms with E-state index >= 15 is 0 Å². The lowest BCUT2D eigenvalue weighted by Gasteiger charge is -2.32. The normalized spacial score (nSPS) is 13.2. The lowest BCUT2D eigenvalue weighted by atomic mass is 10.0. The van der Waals surface area contributed by atoms with Crippen molar-refractivity contribution in [2.24, 2.45) is 0 Å². The SMILES string of the molecule is CCCCNC(=O)[C@@H](Cc1ccccc1)N(Cc1ccccc1C)C(=O)CCCN1C(=O)c2ccccc2C1=O. The van der Waals surface area contributed by atoms with Crippen LogP contribution in [0.15, 0.2) is 78.9 Å². The van der Waals surface area contributed by atoms with Crippen LogP contribution in [0.5, 0.6) is 0 Å². The number of carbonyl (C=O) groups excluding carboxylic acids is 4. The van der Waals surface area contributed by atoms with E-state index in [4.69, 9.17) is 0 Å². The summed E-state index contributed by atoms with van der Waals surface area (Å²) >= 11 is 0. The summed E-state index contributed by atoms with van der Waals surface area (Å²) in [6, 6.07) is 23.6. The number of rotatable bonds is 13. The second kappa shape index (κ2) is 13.7. The summed E-state index contributed by atoms with van der Waals surface area (Å²) in [7, 11) is 0. The number of amides is 4. The third-order valence-corrected chi connectivity index (χ3v) is 7.35. The Morgan fingerprint density at radius 2 is 1.48 bits per heavy atom. The summed E-state index contributed by atoms with van der Waals surface area (Å²) in [5, 5.41) is 3.03. The molecular weight excluding hydrogens is 502 g/mol.